The molecule has 0 spiro atoms. The van der Waals surface area contributed by atoms with Crippen LogP contribution >= 0.6 is 39.7 Å². The quantitative estimate of drug-likeness (QED) is 0.854. The van der Waals surface area contributed by atoms with Crippen molar-refractivity contribution in [2.24, 2.45) is 11.7 Å². The molecule has 1 heterocycles. The van der Waals surface area contributed by atoms with E-state index in [4.69, 9.17) is 5.73 Å². The minimum absolute atomic E-state index is 0. The van der Waals surface area contributed by atoms with Crippen molar-refractivity contribution in [3.63, 3.8) is 0 Å². The Kier molecular flexibility index (Phi) is 5.61. The molecular formula is C11H17BrClNS. The molecule has 2 rings (SSSR count). The second-order valence-electron chi connectivity index (χ2n) is 4.06. The first-order valence-corrected chi connectivity index (χ1v) is 6.95. The van der Waals surface area contributed by atoms with E-state index in [1.807, 2.05) is 0 Å². The van der Waals surface area contributed by atoms with Gasteiger partial charge in [-0.15, -0.1) is 23.7 Å². The Morgan fingerprint density at radius 1 is 1.33 bits per heavy atom. The number of hydrogen-bond acceptors (Lipinski definition) is 2. The highest BCUT2D eigenvalue weighted by molar-refractivity contribution is 9.10. The molecule has 0 aromatic carbocycles. The molecule has 1 aromatic rings. The second-order valence-corrected chi connectivity index (χ2v) is 5.86. The predicted molar refractivity (Wildman–Crippen MR) is 72.8 cm³/mol. The molecule has 4 heteroatoms. The van der Waals surface area contributed by atoms with Crippen LogP contribution in [0.4, 0.5) is 0 Å². The van der Waals surface area contributed by atoms with Crippen LogP contribution in [0.25, 0.3) is 0 Å². The van der Waals surface area contributed by atoms with Crippen molar-refractivity contribution < 1.29 is 0 Å². The highest BCUT2D eigenvalue weighted by atomic mass is 79.9. The summed E-state index contributed by atoms with van der Waals surface area (Å²) < 4.78 is 1.19. The van der Waals surface area contributed by atoms with E-state index >= 15 is 0 Å². The molecular weight excluding hydrogens is 294 g/mol. The lowest BCUT2D eigenvalue weighted by molar-refractivity contribution is 0.310. The Morgan fingerprint density at radius 3 is 2.53 bits per heavy atom. The Balaban J connectivity index is 0.00000112. The summed E-state index contributed by atoms with van der Waals surface area (Å²) in [6.07, 6.45) is 6.74. The molecule has 1 saturated carbocycles. The molecule has 0 amide bonds. The van der Waals surface area contributed by atoms with E-state index in [0.717, 1.165) is 0 Å². The van der Waals surface area contributed by atoms with Crippen molar-refractivity contribution >= 4 is 39.7 Å². The van der Waals surface area contributed by atoms with Crippen molar-refractivity contribution in [3.8, 4) is 0 Å². The van der Waals surface area contributed by atoms with Crippen molar-refractivity contribution in [2.75, 3.05) is 0 Å². The summed E-state index contributed by atoms with van der Waals surface area (Å²) in [7, 11) is 0. The predicted octanol–water partition coefficient (Wildman–Crippen LogP) is 4.51. The van der Waals surface area contributed by atoms with Gasteiger partial charge in [0.2, 0.25) is 0 Å². The summed E-state index contributed by atoms with van der Waals surface area (Å²) >= 11 is 5.34. The minimum atomic E-state index is 0. The third kappa shape index (κ3) is 3.19. The second kappa shape index (κ2) is 6.24. The zero-order chi connectivity index (χ0) is 9.97. The van der Waals surface area contributed by atoms with Crippen LogP contribution in [0.5, 0.6) is 0 Å². The van der Waals surface area contributed by atoms with Crippen LogP contribution in [0.2, 0.25) is 0 Å². The van der Waals surface area contributed by atoms with Gasteiger partial charge in [-0.3, -0.25) is 0 Å². The standard InChI is InChI=1S/C11H16BrNS.ClH/c12-9-6-7-14-11(9)10(13)8-4-2-1-3-5-8;/h6-8,10H,1-5,13H2;1H/t10-;/m1./s1. The van der Waals surface area contributed by atoms with E-state index in [2.05, 4.69) is 27.4 Å². The maximum Gasteiger partial charge on any atom is 0.0429 e. The first-order valence-electron chi connectivity index (χ1n) is 5.27. The molecule has 1 aromatic heterocycles. The van der Waals surface area contributed by atoms with Crippen LogP contribution in [0.15, 0.2) is 15.9 Å². The topological polar surface area (TPSA) is 26.0 Å². The normalized spacial score (nSPS) is 19.6. The van der Waals surface area contributed by atoms with Crippen molar-refractivity contribution in [1.82, 2.24) is 0 Å². The Hall–Kier alpha value is 0.430. The monoisotopic (exact) mass is 309 g/mol. The molecule has 1 nitrogen and oxygen atoms in total. The summed E-state index contributed by atoms with van der Waals surface area (Å²) in [5.74, 6) is 0.707. The van der Waals surface area contributed by atoms with Gasteiger partial charge in [-0.1, -0.05) is 19.3 Å². The lowest BCUT2D eigenvalue weighted by Gasteiger charge is -2.27. The Morgan fingerprint density at radius 2 is 2.00 bits per heavy atom. The van der Waals surface area contributed by atoms with Gasteiger partial charge in [-0.25, -0.2) is 0 Å². The molecule has 86 valence electrons. The average molecular weight is 311 g/mol. The Bertz CT molecular complexity index is 297. The van der Waals surface area contributed by atoms with E-state index in [1.54, 1.807) is 11.3 Å². The SMILES string of the molecule is Cl.N[C@@H](c1sccc1Br)C1CCCCC1. The minimum Gasteiger partial charge on any atom is -0.323 e. The molecule has 0 saturated heterocycles. The van der Waals surface area contributed by atoms with Crippen LogP contribution in [-0.4, -0.2) is 0 Å². The maximum atomic E-state index is 6.30. The largest absolute Gasteiger partial charge is 0.323 e. The van der Waals surface area contributed by atoms with E-state index in [9.17, 15) is 0 Å². The van der Waals surface area contributed by atoms with Crippen molar-refractivity contribution in [1.29, 1.82) is 0 Å². The molecule has 1 aliphatic carbocycles. The van der Waals surface area contributed by atoms with Crippen LogP contribution in [-0.2, 0) is 0 Å². The van der Waals surface area contributed by atoms with Gasteiger partial charge in [0, 0.05) is 15.4 Å². The lowest BCUT2D eigenvalue weighted by Crippen LogP contribution is -2.22. The summed E-state index contributed by atoms with van der Waals surface area (Å²) in [4.78, 5) is 1.33. The van der Waals surface area contributed by atoms with E-state index in [0.29, 0.717) is 5.92 Å². The van der Waals surface area contributed by atoms with Gasteiger partial charge in [0.05, 0.1) is 0 Å². The molecule has 1 aliphatic rings. The summed E-state index contributed by atoms with van der Waals surface area (Å²) in [6, 6.07) is 2.35. The summed E-state index contributed by atoms with van der Waals surface area (Å²) in [5, 5.41) is 2.11. The highest BCUT2D eigenvalue weighted by Gasteiger charge is 2.23. The van der Waals surface area contributed by atoms with Crippen molar-refractivity contribution in [2.45, 2.75) is 38.1 Å². The summed E-state index contributed by atoms with van der Waals surface area (Å²) in [6.45, 7) is 0. The fourth-order valence-electron chi connectivity index (χ4n) is 2.25. The third-order valence-corrected chi connectivity index (χ3v) is 5.08. The Labute approximate surface area is 110 Å². The first-order chi connectivity index (χ1) is 6.79. The highest BCUT2D eigenvalue weighted by Crippen LogP contribution is 2.37. The fraction of sp³-hybridized carbons (Fsp3) is 0.636. The number of thiophene rings is 1. The van der Waals surface area contributed by atoms with E-state index in [-0.39, 0.29) is 18.4 Å². The van der Waals surface area contributed by atoms with Crippen LogP contribution in [0.3, 0.4) is 0 Å². The fourth-order valence-corrected chi connectivity index (χ4v) is 3.98. The molecule has 1 atom stereocenters. The van der Waals surface area contributed by atoms with Gasteiger partial charge in [0.25, 0.3) is 0 Å². The smallest absolute Gasteiger partial charge is 0.0429 e. The van der Waals surface area contributed by atoms with Crippen LogP contribution < -0.4 is 5.73 Å². The summed E-state index contributed by atoms with van der Waals surface area (Å²) in [5.41, 5.74) is 6.30. The zero-order valence-corrected chi connectivity index (χ0v) is 11.8. The number of rotatable bonds is 2. The molecule has 1 fully saturated rings. The maximum absolute atomic E-state index is 6.30. The number of hydrogen-bond donors (Lipinski definition) is 1. The third-order valence-electron chi connectivity index (χ3n) is 3.11. The van der Waals surface area contributed by atoms with Crippen LogP contribution in [0.1, 0.15) is 43.0 Å². The lowest BCUT2D eigenvalue weighted by atomic mass is 9.84. The van der Waals surface area contributed by atoms with Gasteiger partial charge in [0.1, 0.15) is 0 Å². The van der Waals surface area contributed by atoms with Crippen molar-refractivity contribution in [3.05, 3.63) is 20.8 Å². The van der Waals surface area contributed by atoms with Gasteiger partial charge >= 0.3 is 0 Å². The molecule has 0 aliphatic heterocycles. The van der Waals surface area contributed by atoms with Crippen LogP contribution in [0, 0.1) is 5.92 Å². The van der Waals surface area contributed by atoms with Gasteiger partial charge in [-0.2, -0.15) is 0 Å². The molecule has 0 unspecified atom stereocenters. The molecule has 0 radical (unpaired) electrons. The van der Waals surface area contributed by atoms with Gasteiger partial charge in [-0.05, 0) is 46.1 Å². The molecule has 15 heavy (non-hydrogen) atoms. The zero-order valence-electron chi connectivity index (χ0n) is 8.62. The molecule has 2 N–H and O–H groups in total. The average Bonchev–Trinajstić information content (AvgIpc) is 2.65. The number of halogens is 2. The van der Waals surface area contributed by atoms with E-state index < -0.39 is 0 Å². The van der Waals surface area contributed by atoms with Gasteiger partial charge in [0.15, 0.2) is 0 Å². The molecule has 0 bridgehead atoms. The number of nitrogens with two attached hydrogens (primary N) is 1. The first kappa shape index (κ1) is 13.5. The van der Waals surface area contributed by atoms with E-state index in [1.165, 1.54) is 41.5 Å². The van der Waals surface area contributed by atoms with Gasteiger partial charge < -0.3 is 5.73 Å².